The maximum atomic E-state index is 12.0. The molecule has 1 aliphatic carbocycles. The van der Waals surface area contributed by atoms with Crippen LogP contribution in [0.5, 0.6) is 11.5 Å². The summed E-state index contributed by atoms with van der Waals surface area (Å²) in [7, 11) is 3.06. The Morgan fingerprint density at radius 2 is 1.78 bits per heavy atom. The molecule has 0 heterocycles. The average molecular weight is 375 g/mol. The van der Waals surface area contributed by atoms with Crippen LogP contribution >= 0.6 is 0 Å². The fourth-order valence-electron chi connectivity index (χ4n) is 2.95. The van der Waals surface area contributed by atoms with Crippen molar-refractivity contribution in [1.82, 2.24) is 5.32 Å². The maximum Gasteiger partial charge on any atom is 0.331 e. The van der Waals surface area contributed by atoms with E-state index >= 15 is 0 Å². The number of amides is 2. The molecule has 1 saturated carbocycles. The van der Waals surface area contributed by atoms with Crippen LogP contribution in [0.25, 0.3) is 6.08 Å². The van der Waals surface area contributed by atoms with Gasteiger partial charge in [-0.3, -0.25) is 14.9 Å². The molecule has 0 spiro atoms. The van der Waals surface area contributed by atoms with E-state index in [-0.39, 0.29) is 11.8 Å². The van der Waals surface area contributed by atoms with Crippen molar-refractivity contribution >= 4 is 23.9 Å². The van der Waals surface area contributed by atoms with Gasteiger partial charge in [0.1, 0.15) is 0 Å². The van der Waals surface area contributed by atoms with Gasteiger partial charge in [0.25, 0.3) is 5.91 Å². The molecule has 2 rings (SSSR count). The van der Waals surface area contributed by atoms with Crippen LogP contribution in [0.15, 0.2) is 24.3 Å². The second-order valence-corrected chi connectivity index (χ2v) is 6.30. The van der Waals surface area contributed by atoms with Gasteiger partial charge in [0, 0.05) is 12.0 Å². The summed E-state index contributed by atoms with van der Waals surface area (Å²) in [6.45, 7) is -0.492. The van der Waals surface area contributed by atoms with E-state index in [0.717, 1.165) is 32.1 Å². The first-order chi connectivity index (χ1) is 13.0. The van der Waals surface area contributed by atoms with E-state index in [1.807, 2.05) is 0 Å². The standard InChI is InChI=1S/C20H25NO6/c1-25-16-10-8-14(12-17(16)26-2)9-11-19(23)27-13-18(22)21-20(24)15-6-4-3-5-7-15/h8-12,15H,3-7,13H2,1-2H3,(H,21,22,24)/b11-9+. The van der Waals surface area contributed by atoms with Crippen molar-refractivity contribution in [2.45, 2.75) is 32.1 Å². The number of benzene rings is 1. The molecule has 27 heavy (non-hydrogen) atoms. The van der Waals surface area contributed by atoms with E-state index in [1.165, 1.54) is 26.4 Å². The molecule has 7 heteroatoms. The number of carbonyl (C=O) groups is 3. The molecule has 1 fully saturated rings. The molecule has 1 aromatic carbocycles. The van der Waals surface area contributed by atoms with Gasteiger partial charge >= 0.3 is 5.97 Å². The zero-order chi connectivity index (χ0) is 19.6. The molecule has 1 N–H and O–H groups in total. The van der Waals surface area contributed by atoms with Crippen molar-refractivity contribution in [2.24, 2.45) is 5.92 Å². The second kappa shape index (κ2) is 10.4. The van der Waals surface area contributed by atoms with Gasteiger partial charge < -0.3 is 14.2 Å². The summed E-state index contributed by atoms with van der Waals surface area (Å²) in [5.41, 5.74) is 0.710. The maximum absolute atomic E-state index is 12.0. The lowest BCUT2D eigenvalue weighted by Crippen LogP contribution is -2.38. The van der Waals surface area contributed by atoms with Crippen molar-refractivity contribution in [3.8, 4) is 11.5 Å². The topological polar surface area (TPSA) is 90.9 Å². The predicted octanol–water partition coefficient (Wildman–Crippen LogP) is 2.48. The first kappa shape index (κ1) is 20.5. The van der Waals surface area contributed by atoms with Gasteiger partial charge in [-0.2, -0.15) is 0 Å². The van der Waals surface area contributed by atoms with Crippen LogP contribution in [0.1, 0.15) is 37.7 Å². The number of imide groups is 1. The molecule has 0 radical (unpaired) electrons. The molecule has 0 unspecified atom stereocenters. The van der Waals surface area contributed by atoms with Gasteiger partial charge in [0.05, 0.1) is 14.2 Å². The quantitative estimate of drug-likeness (QED) is 0.582. The normalized spacial score (nSPS) is 14.6. The minimum Gasteiger partial charge on any atom is -0.493 e. The Labute approximate surface area is 158 Å². The van der Waals surface area contributed by atoms with Crippen LogP contribution in [0.2, 0.25) is 0 Å². The van der Waals surface area contributed by atoms with Crippen molar-refractivity contribution in [3.05, 3.63) is 29.8 Å². The lowest BCUT2D eigenvalue weighted by molar-refractivity contribution is -0.146. The summed E-state index contributed by atoms with van der Waals surface area (Å²) in [6.07, 6.45) is 7.47. The van der Waals surface area contributed by atoms with Crippen LogP contribution < -0.4 is 14.8 Å². The average Bonchev–Trinajstić information content (AvgIpc) is 2.71. The Morgan fingerprint density at radius 1 is 1.07 bits per heavy atom. The molecule has 0 bridgehead atoms. The SMILES string of the molecule is COc1ccc(/C=C/C(=O)OCC(=O)NC(=O)C2CCCCC2)cc1OC. The summed E-state index contributed by atoms with van der Waals surface area (Å²) in [4.78, 5) is 35.5. The van der Waals surface area contributed by atoms with Gasteiger partial charge in [0.15, 0.2) is 18.1 Å². The number of esters is 1. The number of rotatable bonds is 7. The lowest BCUT2D eigenvalue weighted by Gasteiger charge is -2.20. The summed E-state index contributed by atoms with van der Waals surface area (Å²) in [5, 5.41) is 2.30. The third kappa shape index (κ3) is 6.44. The number of methoxy groups -OCH3 is 2. The lowest BCUT2D eigenvalue weighted by atomic mass is 9.89. The van der Waals surface area contributed by atoms with Gasteiger partial charge in [0.2, 0.25) is 5.91 Å². The van der Waals surface area contributed by atoms with Crippen LogP contribution in [-0.2, 0) is 19.1 Å². The van der Waals surface area contributed by atoms with Crippen LogP contribution in [0, 0.1) is 5.92 Å². The van der Waals surface area contributed by atoms with E-state index in [9.17, 15) is 14.4 Å². The molecular weight excluding hydrogens is 350 g/mol. The molecule has 7 nitrogen and oxygen atoms in total. The Bertz CT molecular complexity index is 706. The van der Waals surface area contributed by atoms with Crippen LogP contribution in [0.4, 0.5) is 0 Å². The Kier molecular flexibility index (Phi) is 7.85. The first-order valence-electron chi connectivity index (χ1n) is 8.94. The minimum absolute atomic E-state index is 0.122. The highest BCUT2D eigenvalue weighted by atomic mass is 16.5. The first-order valence-corrected chi connectivity index (χ1v) is 8.94. The van der Waals surface area contributed by atoms with E-state index in [1.54, 1.807) is 18.2 Å². The Morgan fingerprint density at radius 3 is 2.44 bits per heavy atom. The number of carbonyl (C=O) groups excluding carboxylic acids is 3. The van der Waals surface area contributed by atoms with Gasteiger partial charge in [-0.05, 0) is 36.6 Å². The monoisotopic (exact) mass is 375 g/mol. The zero-order valence-electron chi connectivity index (χ0n) is 15.7. The van der Waals surface area contributed by atoms with Crippen molar-refractivity contribution in [1.29, 1.82) is 0 Å². The van der Waals surface area contributed by atoms with Crippen molar-refractivity contribution in [3.63, 3.8) is 0 Å². The highest BCUT2D eigenvalue weighted by molar-refractivity contribution is 5.98. The minimum atomic E-state index is -0.676. The Hall–Kier alpha value is -2.83. The summed E-state index contributed by atoms with van der Waals surface area (Å²) < 4.78 is 15.2. The van der Waals surface area contributed by atoms with E-state index in [0.29, 0.717) is 17.1 Å². The highest BCUT2D eigenvalue weighted by Crippen LogP contribution is 2.28. The molecule has 0 aromatic heterocycles. The van der Waals surface area contributed by atoms with Gasteiger partial charge in [-0.25, -0.2) is 4.79 Å². The summed E-state index contributed by atoms with van der Waals surface area (Å²) in [5.74, 6) is -0.575. The highest BCUT2D eigenvalue weighted by Gasteiger charge is 2.22. The number of hydrogen-bond donors (Lipinski definition) is 1. The molecule has 146 valence electrons. The fourth-order valence-corrected chi connectivity index (χ4v) is 2.95. The van der Waals surface area contributed by atoms with E-state index in [4.69, 9.17) is 14.2 Å². The van der Waals surface area contributed by atoms with Gasteiger partial charge in [-0.15, -0.1) is 0 Å². The molecule has 1 aliphatic rings. The molecular formula is C20H25NO6. The number of hydrogen-bond acceptors (Lipinski definition) is 6. The van der Waals surface area contributed by atoms with Crippen molar-refractivity contribution < 1.29 is 28.6 Å². The molecule has 1 aromatic rings. The largest absolute Gasteiger partial charge is 0.493 e. The van der Waals surface area contributed by atoms with E-state index < -0.39 is 18.5 Å². The molecule has 0 saturated heterocycles. The summed E-state index contributed by atoms with van der Waals surface area (Å²) in [6, 6.07) is 5.17. The van der Waals surface area contributed by atoms with Crippen LogP contribution in [-0.4, -0.2) is 38.6 Å². The van der Waals surface area contributed by atoms with Crippen molar-refractivity contribution in [2.75, 3.05) is 20.8 Å². The predicted molar refractivity (Wildman–Crippen MR) is 99.3 cm³/mol. The molecule has 2 amide bonds. The fraction of sp³-hybridized carbons (Fsp3) is 0.450. The zero-order valence-corrected chi connectivity index (χ0v) is 15.7. The number of nitrogens with one attached hydrogen (secondary N) is 1. The van der Waals surface area contributed by atoms with Crippen LogP contribution in [0.3, 0.4) is 0 Å². The van der Waals surface area contributed by atoms with Gasteiger partial charge in [-0.1, -0.05) is 25.3 Å². The number of ether oxygens (including phenoxy) is 3. The molecule has 0 atom stereocenters. The third-order valence-corrected chi connectivity index (χ3v) is 4.40. The molecule has 0 aliphatic heterocycles. The second-order valence-electron chi connectivity index (χ2n) is 6.30. The Balaban J connectivity index is 1.78. The summed E-state index contributed by atoms with van der Waals surface area (Å²) >= 11 is 0. The smallest absolute Gasteiger partial charge is 0.331 e. The van der Waals surface area contributed by atoms with E-state index in [2.05, 4.69) is 5.32 Å². The third-order valence-electron chi connectivity index (χ3n) is 4.40.